The van der Waals surface area contributed by atoms with E-state index < -0.39 is 0 Å². The number of aromatic nitrogens is 2. The van der Waals surface area contributed by atoms with Crippen LogP contribution in [-0.4, -0.2) is 28.7 Å². The van der Waals surface area contributed by atoms with Gasteiger partial charge in [-0.2, -0.15) is 0 Å². The Balaban J connectivity index is 2.38. The Bertz CT molecular complexity index is 493. The summed E-state index contributed by atoms with van der Waals surface area (Å²) in [6.45, 7) is 9.77. The summed E-state index contributed by atoms with van der Waals surface area (Å²) in [5, 5.41) is 0. The lowest BCUT2D eigenvalue weighted by Crippen LogP contribution is -2.49. The normalized spacial score (nSPS) is 24.6. The Kier molecular flexibility index (Phi) is 3.67. The zero-order chi connectivity index (χ0) is 14.2. The van der Waals surface area contributed by atoms with E-state index in [1.165, 1.54) is 0 Å². The molecular formula is C14H24N4O. The second-order valence-corrected chi connectivity index (χ2v) is 6.60. The Hall–Kier alpha value is -1.36. The number of hydrogen-bond acceptors (Lipinski definition) is 4. The van der Waals surface area contributed by atoms with Crippen LogP contribution in [0.2, 0.25) is 0 Å². The highest BCUT2D eigenvalue weighted by Crippen LogP contribution is 2.19. The first kappa shape index (κ1) is 14.1. The van der Waals surface area contributed by atoms with E-state index in [2.05, 4.69) is 11.9 Å². The van der Waals surface area contributed by atoms with Crippen LogP contribution in [0.25, 0.3) is 0 Å². The molecule has 0 radical (unpaired) electrons. The number of nitrogens with two attached hydrogens (primary N) is 1. The molecule has 1 saturated heterocycles. The number of rotatable bonds is 1. The first-order valence-corrected chi connectivity index (χ1v) is 6.87. The second-order valence-electron chi connectivity index (χ2n) is 6.60. The van der Waals surface area contributed by atoms with E-state index in [9.17, 15) is 4.79 Å². The zero-order valence-electron chi connectivity index (χ0n) is 12.3. The molecule has 5 heteroatoms. The lowest BCUT2D eigenvalue weighted by molar-refractivity contribution is 0.374. The molecular weight excluding hydrogens is 240 g/mol. The highest BCUT2D eigenvalue weighted by atomic mass is 16.1. The molecule has 0 spiro atoms. The van der Waals surface area contributed by atoms with E-state index in [4.69, 9.17) is 5.73 Å². The molecule has 1 aliphatic heterocycles. The van der Waals surface area contributed by atoms with Gasteiger partial charge in [0.25, 0.3) is 5.56 Å². The first-order valence-electron chi connectivity index (χ1n) is 6.87. The minimum absolute atomic E-state index is 0.0312. The molecule has 1 fully saturated rings. The van der Waals surface area contributed by atoms with E-state index in [1.807, 2.05) is 25.7 Å². The third-order valence-corrected chi connectivity index (χ3v) is 3.54. The minimum atomic E-state index is -0.238. The van der Waals surface area contributed by atoms with Crippen molar-refractivity contribution < 1.29 is 0 Å². The fourth-order valence-corrected chi connectivity index (χ4v) is 2.72. The smallest absolute Gasteiger partial charge is 0.293 e. The molecule has 5 nitrogen and oxygen atoms in total. The molecule has 2 unspecified atom stereocenters. The van der Waals surface area contributed by atoms with Crippen molar-refractivity contribution in [1.29, 1.82) is 0 Å². The van der Waals surface area contributed by atoms with Crippen LogP contribution in [0.4, 0.5) is 5.82 Å². The van der Waals surface area contributed by atoms with E-state index in [-0.39, 0.29) is 17.1 Å². The Morgan fingerprint density at radius 1 is 1.37 bits per heavy atom. The van der Waals surface area contributed by atoms with Crippen LogP contribution in [0, 0.1) is 5.92 Å². The van der Waals surface area contributed by atoms with Gasteiger partial charge in [0.05, 0.1) is 0 Å². The van der Waals surface area contributed by atoms with Crippen molar-refractivity contribution in [2.45, 2.75) is 45.7 Å². The molecule has 0 aromatic carbocycles. The van der Waals surface area contributed by atoms with E-state index in [0.29, 0.717) is 18.3 Å². The molecule has 0 bridgehead atoms. The van der Waals surface area contributed by atoms with Gasteiger partial charge in [-0.1, -0.05) is 6.92 Å². The minimum Gasteiger partial charge on any atom is -0.350 e. The molecule has 2 N–H and O–H groups in total. The molecule has 0 saturated carbocycles. The largest absolute Gasteiger partial charge is 0.350 e. The van der Waals surface area contributed by atoms with Gasteiger partial charge < -0.3 is 15.2 Å². The molecule has 19 heavy (non-hydrogen) atoms. The Morgan fingerprint density at radius 3 is 2.63 bits per heavy atom. The maximum atomic E-state index is 12.5. The van der Waals surface area contributed by atoms with E-state index in [1.54, 1.807) is 17.0 Å². The average molecular weight is 264 g/mol. The van der Waals surface area contributed by atoms with Gasteiger partial charge in [0.2, 0.25) is 0 Å². The summed E-state index contributed by atoms with van der Waals surface area (Å²) in [4.78, 5) is 18.9. The van der Waals surface area contributed by atoms with Crippen molar-refractivity contribution in [3.63, 3.8) is 0 Å². The molecule has 1 aromatic heterocycles. The predicted molar refractivity (Wildman–Crippen MR) is 77.5 cm³/mol. The number of hydrogen-bond donors (Lipinski definition) is 1. The van der Waals surface area contributed by atoms with Gasteiger partial charge in [0, 0.05) is 37.1 Å². The van der Waals surface area contributed by atoms with Crippen LogP contribution in [0.3, 0.4) is 0 Å². The molecule has 2 heterocycles. The van der Waals surface area contributed by atoms with Gasteiger partial charge in [-0.25, -0.2) is 4.98 Å². The van der Waals surface area contributed by atoms with Gasteiger partial charge in [0.1, 0.15) is 0 Å². The molecule has 0 aliphatic carbocycles. The Labute approximate surface area is 114 Å². The van der Waals surface area contributed by atoms with Crippen molar-refractivity contribution in [2.24, 2.45) is 11.7 Å². The highest BCUT2D eigenvalue weighted by molar-refractivity contribution is 5.37. The van der Waals surface area contributed by atoms with Gasteiger partial charge in [0.15, 0.2) is 5.82 Å². The van der Waals surface area contributed by atoms with Crippen LogP contribution in [-0.2, 0) is 5.54 Å². The van der Waals surface area contributed by atoms with Crippen LogP contribution in [0.5, 0.6) is 0 Å². The van der Waals surface area contributed by atoms with Crippen molar-refractivity contribution in [1.82, 2.24) is 9.55 Å². The maximum absolute atomic E-state index is 12.5. The van der Waals surface area contributed by atoms with Crippen LogP contribution >= 0.6 is 0 Å². The second kappa shape index (κ2) is 4.96. The van der Waals surface area contributed by atoms with Crippen molar-refractivity contribution >= 4 is 5.82 Å². The summed E-state index contributed by atoms with van der Waals surface area (Å²) >= 11 is 0. The van der Waals surface area contributed by atoms with E-state index in [0.717, 1.165) is 13.0 Å². The van der Waals surface area contributed by atoms with Gasteiger partial charge >= 0.3 is 0 Å². The third-order valence-electron chi connectivity index (χ3n) is 3.54. The number of nitrogens with zero attached hydrogens (tertiary/aromatic N) is 3. The summed E-state index contributed by atoms with van der Waals surface area (Å²) in [5.41, 5.74) is 5.78. The summed E-state index contributed by atoms with van der Waals surface area (Å²) in [5.74, 6) is 1.02. The maximum Gasteiger partial charge on any atom is 0.293 e. The monoisotopic (exact) mass is 264 g/mol. The van der Waals surface area contributed by atoms with Crippen molar-refractivity contribution in [3.8, 4) is 0 Å². The van der Waals surface area contributed by atoms with Crippen LogP contribution in [0.15, 0.2) is 17.2 Å². The third kappa shape index (κ3) is 2.97. The van der Waals surface area contributed by atoms with Crippen molar-refractivity contribution in [3.05, 3.63) is 22.7 Å². The highest BCUT2D eigenvalue weighted by Gasteiger charge is 2.26. The number of anilines is 1. The predicted octanol–water partition coefficient (Wildman–Crippen LogP) is 1.17. The lowest BCUT2D eigenvalue weighted by atomic mass is 9.97. The van der Waals surface area contributed by atoms with Gasteiger partial charge in [-0.3, -0.25) is 4.79 Å². The van der Waals surface area contributed by atoms with Gasteiger partial charge in [-0.05, 0) is 33.1 Å². The van der Waals surface area contributed by atoms with Crippen molar-refractivity contribution in [2.75, 3.05) is 18.0 Å². The van der Waals surface area contributed by atoms with E-state index >= 15 is 0 Å². The fourth-order valence-electron chi connectivity index (χ4n) is 2.72. The summed E-state index contributed by atoms with van der Waals surface area (Å²) < 4.78 is 1.74. The van der Waals surface area contributed by atoms with Gasteiger partial charge in [-0.15, -0.1) is 0 Å². The summed E-state index contributed by atoms with van der Waals surface area (Å²) in [6.07, 6.45) is 4.46. The molecule has 0 amide bonds. The summed E-state index contributed by atoms with van der Waals surface area (Å²) in [7, 11) is 0. The molecule has 1 aliphatic rings. The SMILES string of the molecule is CC1CC(N)CN(c2nccn(C(C)(C)C)c2=O)C1. The molecule has 2 rings (SSSR count). The molecule has 2 atom stereocenters. The topological polar surface area (TPSA) is 64.2 Å². The quantitative estimate of drug-likeness (QED) is 0.827. The first-order chi connectivity index (χ1) is 8.79. The zero-order valence-corrected chi connectivity index (χ0v) is 12.3. The molecule has 106 valence electrons. The lowest BCUT2D eigenvalue weighted by Gasteiger charge is -2.35. The fraction of sp³-hybridized carbons (Fsp3) is 0.714. The Morgan fingerprint density at radius 2 is 2.05 bits per heavy atom. The summed E-state index contributed by atoms with van der Waals surface area (Å²) in [6, 6.07) is 0.119. The van der Waals surface area contributed by atoms with Crippen LogP contribution in [0.1, 0.15) is 34.1 Å². The standard InChI is InChI=1S/C14H24N4O/c1-10-7-11(15)9-17(8-10)12-13(19)18(6-5-16-12)14(2,3)4/h5-6,10-11H,7-9,15H2,1-4H3. The van der Waals surface area contributed by atoms with Crippen LogP contribution < -0.4 is 16.2 Å². The molecule has 1 aromatic rings. The average Bonchev–Trinajstić information content (AvgIpc) is 2.26. The number of piperidine rings is 1.